The van der Waals surface area contributed by atoms with Crippen LogP contribution >= 0.6 is 0 Å². The van der Waals surface area contributed by atoms with Gasteiger partial charge in [0.1, 0.15) is 0 Å². The standard InChI is InChI=1S/C20H27NO2/c1-4-6-12-18-13-14-21(15-17-10-8-7-9-11-17)16(3)19(18)20(22)23-5-2/h7-11,13-14,18H,4-6,12,15H2,1-3H3/t18-/m1/s1. The Morgan fingerprint density at radius 2 is 1.96 bits per heavy atom. The van der Waals surface area contributed by atoms with E-state index in [0.717, 1.165) is 37.1 Å². The minimum absolute atomic E-state index is 0.168. The Bertz CT molecular complexity index is 575. The van der Waals surface area contributed by atoms with Gasteiger partial charge in [-0.05, 0) is 25.8 Å². The van der Waals surface area contributed by atoms with Crippen molar-refractivity contribution in [2.75, 3.05) is 6.61 Å². The van der Waals surface area contributed by atoms with Gasteiger partial charge >= 0.3 is 5.97 Å². The van der Waals surface area contributed by atoms with Gasteiger partial charge in [0, 0.05) is 24.4 Å². The molecule has 0 N–H and O–H groups in total. The summed E-state index contributed by atoms with van der Waals surface area (Å²) >= 11 is 0. The van der Waals surface area contributed by atoms with Crippen LogP contribution in [0.2, 0.25) is 0 Å². The van der Waals surface area contributed by atoms with Crippen LogP contribution in [0.25, 0.3) is 0 Å². The Labute approximate surface area is 139 Å². The molecule has 1 aromatic rings. The van der Waals surface area contributed by atoms with Gasteiger partial charge in [-0.25, -0.2) is 4.79 Å². The van der Waals surface area contributed by atoms with Crippen LogP contribution in [0.15, 0.2) is 53.9 Å². The van der Waals surface area contributed by atoms with Gasteiger partial charge < -0.3 is 9.64 Å². The summed E-state index contributed by atoms with van der Waals surface area (Å²) in [7, 11) is 0. The maximum Gasteiger partial charge on any atom is 0.336 e. The summed E-state index contributed by atoms with van der Waals surface area (Å²) < 4.78 is 5.30. The molecule has 1 atom stereocenters. The molecule has 23 heavy (non-hydrogen) atoms. The molecule has 124 valence electrons. The number of nitrogens with zero attached hydrogens (tertiary/aromatic N) is 1. The maximum atomic E-state index is 12.4. The zero-order valence-electron chi connectivity index (χ0n) is 14.4. The minimum Gasteiger partial charge on any atom is -0.463 e. The highest BCUT2D eigenvalue weighted by atomic mass is 16.5. The average molecular weight is 313 g/mol. The molecule has 0 fully saturated rings. The molecule has 1 heterocycles. The Kier molecular flexibility index (Phi) is 6.45. The first kappa shape index (κ1) is 17.3. The Balaban J connectivity index is 2.23. The fraction of sp³-hybridized carbons (Fsp3) is 0.450. The zero-order valence-corrected chi connectivity index (χ0v) is 14.4. The lowest BCUT2D eigenvalue weighted by Gasteiger charge is -2.31. The first-order valence-corrected chi connectivity index (χ1v) is 8.54. The number of hydrogen-bond donors (Lipinski definition) is 0. The van der Waals surface area contributed by atoms with E-state index in [4.69, 9.17) is 4.74 Å². The van der Waals surface area contributed by atoms with Crippen LogP contribution in [0.3, 0.4) is 0 Å². The second kappa shape index (κ2) is 8.56. The molecule has 1 aliphatic heterocycles. The van der Waals surface area contributed by atoms with Crippen LogP contribution < -0.4 is 0 Å². The topological polar surface area (TPSA) is 29.5 Å². The third-order valence-corrected chi connectivity index (χ3v) is 4.25. The summed E-state index contributed by atoms with van der Waals surface area (Å²) in [4.78, 5) is 14.6. The van der Waals surface area contributed by atoms with Crippen molar-refractivity contribution in [3.8, 4) is 0 Å². The molecule has 0 amide bonds. The van der Waals surface area contributed by atoms with Crippen molar-refractivity contribution in [3.05, 3.63) is 59.4 Å². The van der Waals surface area contributed by atoms with E-state index in [2.05, 4.69) is 36.2 Å². The zero-order chi connectivity index (χ0) is 16.7. The second-order valence-electron chi connectivity index (χ2n) is 5.92. The fourth-order valence-corrected chi connectivity index (χ4v) is 2.96. The van der Waals surface area contributed by atoms with E-state index in [-0.39, 0.29) is 11.9 Å². The minimum atomic E-state index is -0.173. The van der Waals surface area contributed by atoms with Crippen LogP contribution in [0.5, 0.6) is 0 Å². The predicted molar refractivity (Wildman–Crippen MR) is 93.5 cm³/mol. The van der Waals surface area contributed by atoms with E-state index < -0.39 is 0 Å². The van der Waals surface area contributed by atoms with E-state index in [0.29, 0.717) is 6.61 Å². The molecule has 0 unspecified atom stereocenters. The maximum absolute atomic E-state index is 12.4. The predicted octanol–water partition coefficient (Wildman–Crippen LogP) is 4.66. The number of benzene rings is 1. The molecular formula is C20H27NO2. The smallest absolute Gasteiger partial charge is 0.336 e. The average Bonchev–Trinajstić information content (AvgIpc) is 2.56. The third-order valence-electron chi connectivity index (χ3n) is 4.25. The van der Waals surface area contributed by atoms with Gasteiger partial charge in [0.05, 0.1) is 12.2 Å². The van der Waals surface area contributed by atoms with Crippen LogP contribution in [-0.2, 0) is 16.1 Å². The van der Waals surface area contributed by atoms with Gasteiger partial charge in [-0.2, -0.15) is 0 Å². The first-order valence-electron chi connectivity index (χ1n) is 8.54. The molecule has 3 nitrogen and oxygen atoms in total. The normalized spacial score (nSPS) is 17.5. The SMILES string of the molecule is CCCC[C@@H]1C=CN(Cc2ccccc2)C(C)=C1C(=O)OCC. The number of ether oxygens (including phenoxy) is 1. The Hall–Kier alpha value is -2.03. The summed E-state index contributed by atoms with van der Waals surface area (Å²) in [6, 6.07) is 10.3. The molecule has 0 spiro atoms. The molecule has 2 rings (SSSR count). The van der Waals surface area contributed by atoms with Crippen molar-refractivity contribution in [3.63, 3.8) is 0 Å². The molecule has 0 aromatic heterocycles. The number of allylic oxidation sites excluding steroid dienone is 2. The molecule has 3 heteroatoms. The highest BCUT2D eigenvalue weighted by Gasteiger charge is 2.27. The van der Waals surface area contributed by atoms with Crippen molar-refractivity contribution >= 4 is 5.97 Å². The van der Waals surface area contributed by atoms with Crippen molar-refractivity contribution in [1.82, 2.24) is 4.90 Å². The number of unbranched alkanes of at least 4 members (excludes halogenated alkanes) is 1. The quantitative estimate of drug-likeness (QED) is 0.686. The summed E-state index contributed by atoms with van der Waals surface area (Å²) in [5.74, 6) is -0.00506. The fourth-order valence-electron chi connectivity index (χ4n) is 2.96. The lowest BCUT2D eigenvalue weighted by Crippen LogP contribution is -2.27. The third kappa shape index (κ3) is 4.47. The lowest BCUT2D eigenvalue weighted by molar-refractivity contribution is -0.139. The highest BCUT2D eigenvalue weighted by Crippen LogP contribution is 2.31. The van der Waals surface area contributed by atoms with Crippen LogP contribution in [0, 0.1) is 5.92 Å². The molecule has 0 bridgehead atoms. The van der Waals surface area contributed by atoms with Gasteiger partial charge in [0.15, 0.2) is 0 Å². The van der Waals surface area contributed by atoms with Gasteiger partial charge in [0.25, 0.3) is 0 Å². The van der Waals surface area contributed by atoms with E-state index >= 15 is 0 Å². The monoisotopic (exact) mass is 313 g/mol. The van der Waals surface area contributed by atoms with Crippen LogP contribution in [0.1, 0.15) is 45.6 Å². The molecular weight excluding hydrogens is 286 g/mol. The van der Waals surface area contributed by atoms with Gasteiger partial charge in [-0.15, -0.1) is 0 Å². The summed E-state index contributed by atoms with van der Waals surface area (Å²) in [6.45, 7) is 7.24. The summed E-state index contributed by atoms with van der Waals surface area (Å²) in [5, 5.41) is 0. The van der Waals surface area contributed by atoms with Crippen molar-refractivity contribution in [2.24, 2.45) is 5.92 Å². The number of carbonyl (C=O) groups is 1. The summed E-state index contributed by atoms with van der Waals surface area (Å²) in [6.07, 6.45) is 7.51. The van der Waals surface area contributed by atoms with E-state index in [9.17, 15) is 4.79 Å². The molecule has 0 radical (unpaired) electrons. The number of esters is 1. The van der Waals surface area contributed by atoms with E-state index in [1.807, 2.05) is 32.0 Å². The van der Waals surface area contributed by atoms with Crippen LogP contribution in [-0.4, -0.2) is 17.5 Å². The first-order chi connectivity index (χ1) is 11.2. The number of carbonyl (C=O) groups excluding carboxylic acids is 1. The molecule has 0 saturated heterocycles. The van der Waals surface area contributed by atoms with E-state index in [1.165, 1.54) is 5.56 Å². The van der Waals surface area contributed by atoms with Crippen LogP contribution in [0.4, 0.5) is 0 Å². The molecule has 1 aliphatic rings. The molecule has 0 aliphatic carbocycles. The van der Waals surface area contributed by atoms with Gasteiger partial charge in [-0.1, -0.05) is 56.2 Å². The molecule has 1 aromatic carbocycles. The Morgan fingerprint density at radius 1 is 1.22 bits per heavy atom. The van der Waals surface area contributed by atoms with Gasteiger partial charge in [0.2, 0.25) is 0 Å². The second-order valence-corrected chi connectivity index (χ2v) is 5.92. The lowest BCUT2D eigenvalue weighted by atomic mass is 9.89. The van der Waals surface area contributed by atoms with Crippen molar-refractivity contribution in [2.45, 2.75) is 46.6 Å². The number of rotatable bonds is 7. The molecule has 0 saturated carbocycles. The highest BCUT2D eigenvalue weighted by molar-refractivity contribution is 5.90. The summed E-state index contributed by atoms with van der Waals surface area (Å²) in [5.41, 5.74) is 3.06. The van der Waals surface area contributed by atoms with E-state index in [1.54, 1.807) is 0 Å². The van der Waals surface area contributed by atoms with Gasteiger partial charge in [-0.3, -0.25) is 0 Å². The van der Waals surface area contributed by atoms with Crippen molar-refractivity contribution < 1.29 is 9.53 Å². The van der Waals surface area contributed by atoms with Crippen molar-refractivity contribution in [1.29, 1.82) is 0 Å². The largest absolute Gasteiger partial charge is 0.463 e. The number of hydrogen-bond acceptors (Lipinski definition) is 3. The Morgan fingerprint density at radius 3 is 2.61 bits per heavy atom.